The molecule has 104 valence electrons. The van der Waals surface area contributed by atoms with Crippen LogP contribution in [0.15, 0.2) is 0 Å². The van der Waals surface area contributed by atoms with Crippen LogP contribution in [-0.4, -0.2) is 27.8 Å². The van der Waals surface area contributed by atoms with Gasteiger partial charge in [-0.05, 0) is 53.9 Å². The molecule has 1 aromatic rings. The van der Waals surface area contributed by atoms with Crippen molar-refractivity contribution in [3.8, 4) is 0 Å². The Morgan fingerprint density at radius 2 is 1.58 bits per heavy atom. The average Bonchev–Trinajstić information content (AvgIpc) is 2.26. The standard InChI is InChI=1S/C15H23N3O/c1-9-7-6-8-10(2)18(9)15-16-11(3)14(13(5)19)12(4)17-15/h9-10H,6-8H2,1-5H3. The van der Waals surface area contributed by atoms with Crippen LogP contribution in [0.25, 0.3) is 0 Å². The van der Waals surface area contributed by atoms with E-state index in [1.165, 1.54) is 19.3 Å². The number of carbonyl (C=O) groups is 1. The van der Waals surface area contributed by atoms with Gasteiger partial charge in [-0.25, -0.2) is 9.97 Å². The fraction of sp³-hybridized carbons (Fsp3) is 0.667. The summed E-state index contributed by atoms with van der Waals surface area (Å²) in [6, 6.07) is 0.927. The van der Waals surface area contributed by atoms with Crippen LogP contribution in [0.4, 0.5) is 5.95 Å². The zero-order chi connectivity index (χ0) is 14.2. The second kappa shape index (κ2) is 5.27. The van der Waals surface area contributed by atoms with Crippen LogP contribution in [0, 0.1) is 13.8 Å². The lowest BCUT2D eigenvalue weighted by Crippen LogP contribution is -2.45. The molecule has 2 atom stereocenters. The molecule has 0 spiro atoms. The van der Waals surface area contributed by atoms with Gasteiger partial charge in [0.1, 0.15) is 0 Å². The molecule has 0 saturated carbocycles. The third-order valence-electron chi connectivity index (χ3n) is 4.04. The number of carbonyl (C=O) groups excluding carboxylic acids is 1. The van der Waals surface area contributed by atoms with Gasteiger partial charge in [-0.15, -0.1) is 0 Å². The van der Waals surface area contributed by atoms with Crippen LogP contribution in [0.3, 0.4) is 0 Å². The third kappa shape index (κ3) is 2.62. The highest BCUT2D eigenvalue weighted by molar-refractivity contribution is 5.96. The van der Waals surface area contributed by atoms with E-state index >= 15 is 0 Å². The Morgan fingerprint density at radius 3 is 2.00 bits per heavy atom. The number of rotatable bonds is 2. The Morgan fingerprint density at radius 1 is 1.11 bits per heavy atom. The van der Waals surface area contributed by atoms with Crippen molar-refractivity contribution in [3.63, 3.8) is 0 Å². The molecule has 0 amide bonds. The zero-order valence-corrected chi connectivity index (χ0v) is 12.5. The van der Waals surface area contributed by atoms with Gasteiger partial charge < -0.3 is 4.90 Å². The van der Waals surface area contributed by atoms with Crippen molar-refractivity contribution in [2.45, 2.75) is 66.0 Å². The second-order valence-electron chi connectivity index (χ2n) is 5.66. The number of hydrogen-bond donors (Lipinski definition) is 0. The smallest absolute Gasteiger partial charge is 0.226 e. The summed E-state index contributed by atoms with van der Waals surface area (Å²) in [5.74, 6) is 0.820. The van der Waals surface area contributed by atoms with E-state index in [9.17, 15) is 4.79 Å². The molecule has 1 saturated heterocycles. The van der Waals surface area contributed by atoms with Gasteiger partial charge in [0.15, 0.2) is 5.78 Å². The van der Waals surface area contributed by atoms with Gasteiger partial charge >= 0.3 is 0 Å². The number of Topliss-reactive ketones (excluding diaryl/α,β-unsaturated/α-hetero) is 1. The van der Waals surface area contributed by atoms with E-state index in [0.717, 1.165) is 17.3 Å². The lowest BCUT2D eigenvalue weighted by molar-refractivity contribution is 0.101. The molecular formula is C15H23N3O. The lowest BCUT2D eigenvalue weighted by Gasteiger charge is -2.39. The first-order valence-corrected chi connectivity index (χ1v) is 7.06. The maximum absolute atomic E-state index is 11.6. The van der Waals surface area contributed by atoms with Crippen molar-refractivity contribution in [3.05, 3.63) is 17.0 Å². The molecule has 1 aromatic heterocycles. The molecule has 0 bridgehead atoms. The van der Waals surface area contributed by atoms with E-state index in [2.05, 4.69) is 28.7 Å². The summed E-state index contributed by atoms with van der Waals surface area (Å²) < 4.78 is 0. The third-order valence-corrected chi connectivity index (χ3v) is 4.04. The number of hydrogen-bond acceptors (Lipinski definition) is 4. The summed E-state index contributed by atoms with van der Waals surface area (Å²) in [7, 11) is 0. The number of piperidine rings is 1. The van der Waals surface area contributed by atoms with Crippen LogP contribution in [0.1, 0.15) is 61.8 Å². The predicted octanol–water partition coefficient (Wildman–Crippen LogP) is 3.06. The van der Waals surface area contributed by atoms with Crippen molar-refractivity contribution in [1.29, 1.82) is 0 Å². The van der Waals surface area contributed by atoms with E-state index in [-0.39, 0.29) is 5.78 Å². The minimum atomic E-state index is 0.0429. The molecule has 2 rings (SSSR count). The predicted molar refractivity (Wildman–Crippen MR) is 76.8 cm³/mol. The molecule has 2 unspecified atom stereocenters. The van der Waals surface area contributed by atoms with Gasteiger partial charge in [0.2, 0.25) is 5.95 Å². The quantitative estimate of drug-likeness (QED) is 0.768. The van der Waals surface area contributed by atoms with Gasteiger partial charge in [0.25, 0.3) is 0 Å². The molecule has 19 heavy (non-hydrogen) atoms. The van der Waals surface area contributed by atoms with Crippen molar-refractivity contribution in [2.24, 2.45) is 0 Å². The van der Waals surface area contributed by atoms with E-state index in [1.807, 2.05) is 13.8 Å². The Balaban J connectivity index is 2.43. The summed E-state index contributed by atoms with van der Waals surface area (Å²) in [5.41, 5.74) is 2.25. The van der Waals surface area contributed by atoms with Crippen LogP contribution in [0.5, 0.6) is 0 Å². The molecule has 0 N–H and O–H groups in total. The molecule has 1 aliphatic heterocycles. The summed E-state index contributed by atoms with van der Waals surface area (Å²) in [5, 5.41) is 0. The molecule has 1 fully saturated rings. The fourth-order valence-corrected chi connectivity index (χ4v) is 3.14. The second-order valence-corrected chi connectivity index (χ2v) is 5.66. The molecule has 4 nitrogen and oxygen atoms in total. The maximum Gasteiger partial charge on any atom is 0.226 e. The maximum atomic E-state index is 11.6. The summed E-state index contributed by atoms with van der Waals surface area (Å²) in [6.07, 6.45) is 3.63. The van der Waals surface area contributed by atoms with E-state index in [4.69, 9.17) is 0 Å². The topological polar surface area (TPSA) is 46.1 Å². The highest BCUT2D eigenvalue weighted by Gasteiger charge is 2.27. The highest BCUT2D eigenvalue weighted by atomic mass is 16.1. The minimum absolute atomic E-state index is 0.0429. The van der Waals surface area contributed by atoms with Crippen molar-refractivity contribution in [2.75, 3.05) is 4.90 Å². The number of anilines is 1. The van der Waals surface area contributed by atoms with Crippen LogP contribution in [0.2, 0.25) is 0 Å². The van der Waals surface area contributed by atoms with E-state index in [1.54, 1.807) is 6.92 Å². The monoisotopic (exact) mass is 261 g/mol. The normalized spacial score (nSPS) is 23.5. The van der Waals surface area contributed by atoms with Crippen LogP contribution < -0.4 is 4.90 Å². The summed E-state index contributed by atoms with van der Waals surface area (Å²) in [6.45, 7) is 9.82. The first-order chi connectivity index (χ1) is 8.91. The number of aryl methyl sites for hydroxylation is 2. The van der Waals surface area contributed by atoms with Gasteiger partial charge in [-0.1, -0.05) is 0 Å². The van der Waals surface area contributed by atoms with Crippen molar-refractivity contribution < 1.29 is 4.79 Å². The average molecular weight is 261 g/mol. The van der Waals surface area contributed by atoms with E-state index in [0.29, 0.717) is 17.6 Å². The molecular weight excluding hydrogens is 238 g/mol. The highest BCUT2D eigenvalue weighted by Crippen LogP contribution is 2.27. The summed E-state index contributed by atoms with van der Waals surface area (Å²) in [4.78, 5) is 23.1. The van der Waals surface area contributed by atoms with Crippen LogP contribution in [-0.2, 0) is 0 Å². The molecule has 4 heteroatoms. The molecule has 0 aliphatic carbocycles. The Kier molecular flexibility index (Phi) is 3.88. The van der Waals surface area contributed by atoms with Gasteiger partial charge in [-0.3, -0.25) is 4.79 Å². The molecule has 2 heterocycles. The Hall–Kier alpha value is -1.45. The Labute approximate surface area is 115 Å². The fourth-order valence-electron chi connectivity index (χ4n) is 3.14. The van der Waals surface area contributed by atoms with Gasteiger partial charge in [0, 0.05) is 12.1 Å². The first kappa shape index (κ1) is 14.0. The van der Waals surface area contributed by atoms with Crippen molar-refractivity contribution >= 4 is 11.7 Å². The number of aromatic nitrogens is 2. The lowest BCUT2D eigenvalue weighted by atomic mass is 9.98. The minimum Gasteiger partial charge on any atom is -0.335 e. The zero-order valence-electron chi connectivity index (χ0n) is 12.5. The Bertz CT molecular complexity index is 465. The SMILES string of the molecule is CC(=O)c1c(C)nc(N2C(C)CCCC2C)nc1C. The number of nitrogens with zero attached hydrogens (tertiary/aromatic N) is 3. The van der Waals surface area contributed by atoms with Crippen molar-refractivity contribution in [1.82, 2.24) is 9.97 Å². The molecule has 0 radical (unpaired) electrons. The summed E-state index contributed by atoms with van der Waals surface area (Å²) >= 11 is 0. The first-order valence-electron chi connectivity index (χ1n) is 7.06. The van der Waals surface area contributed by atoms with E-state index < -0.39 is 0 Å². The van der Waals surface area contributed by atoms with Gasteiger partial charge in [-0.2, -0.15) is 0 Å². The largest absolute Gasteiger partial charge is 0.335 e. The van der Waals surface area contributed by atoms with Crippen LogP contribution >= 0.6 is 0 Å². The number of ketones is 1. The molecule has 1 aliphatic rings. The van der Waals surface area contributed by atoms with Gasteiger partial charge in [0.05, 0.1) is 17.0 Å². The molecule has 0 aromatic carbocycles.